The molecular formula is C14H19N5O2. The second-order valence-corrected chi connectivity index (χ2v) is 4.88. The van der Waals surface area contributed by atoms with Crippen LogP contribution < -0.4 is 10.6 Å². The summed E-state index contributed by atoms with van der Waals surface area (Å²) in [6.45, 7) is 4.70. The number of nitro groups is 1. The molecule has 0 saturated heterocycles. The fourth-order valence-electron chi connectivity index (χ4n) is 2.04. The lowest BCUT2D eigenvalue weighted by molar-refractivity contribution is -0.384. The summed E-state index contributed by atoms with van der Waals surface area (Å²) in [6, 6.07) is 4.91. The predicted molar refractivity (Wildman–Crippen MR) is 83.1 cm³/mol. The van der Waals surface area contributed by atoms with Gasteiger partial charge in [-0.15, -0.1) is 0 Å². The van der Waals surface area contributed by atoms with Gasteiger partial charge >= 0.3 is 0 Å². The van der Waals surface area contributed by atoms with Crippen LogP contribution in [0, 0.1) is 17.0 Å². The van der Waals surface area contributed by atoms with Crippen molar-refractivity contribution in [1.29, 1.82) is 0 Å². The molecule has 0 bridgehead atoms. The minimum absolute atomic E-state index is 0.0557. The molecular weight excluding hydrogens is 270 g/mol. The third-order valence-electron chi connectivity index (χ3n) is 3.00. The highest BCUT2D eigenvalue weighted by atomic mass is 16.6. The van der Waals surface area contributed by atoms with Gasteiger partial charge in [0.2, 0.25) is 0 Å². The predicted octanol–water partition coefficient (Wildman–Crippen LogP) is 3.20. The zero-order valence-corrected chi connectivity index (χ0v) is 12.4. The van der Waals surface area contributed by atoms with E-state index < -0.39 is 4.92 Å². The van der Waals surface area contributed by atoms with Crippen LogP contribution >= 0.6 is 0 Å². The molecule has 112 valence electrons. The molecule has 0 spiro atoms. The number of rotatable bonds is 6. The molecule has 1 aromatic carbocycles. The van der Waals surface area contributed by atoms with Gasteiger partial charge in [0.25, 0.3) is 5.69 Å². The normalized spacial score (nSPS) is 10.4. The molecule has 1 aromatic heterocycles. The first-order valence-corrected chi connectivity index (χ1v) is 6.80. The van der Waals surface area contributed by atoms with Crippen molar-refractivity contribution in [1.82, 2.24) is 9.78 Å². The fourth-order valence-corrected chi connectivity index (χ4v) is 2.04. The van der Waals surface area contributed by atoms with Crippen molar-refractivity contribution in [2.75, 3.05) is 17.2 Å². The van der Waals surface area contributed by atoms with Crippen LogP contribution in [0.25, 0.3) is 0 Å². The molecule has 0 radical (unpaired) electrons. The molecule has 21 heavy (non-hydrogen) atoms. The summed E-state index contributed by atoms with van der Waals surface area (Å²) in [7, 11) is 1.83. The Labute approximate surface area is 123 Å². The topological polar surface area (TPSA) is 85.0 Å². The number of aromatic nitrogens is 2. The molecule has 2 aromatic rings. The second-order valence-electron chi connectivity index (χ2n) is 4.88. The van der Waals surface area contributed by atoms with E-state index in [1.807, 2.05) is 33.2 Å². The summed E-state index contributed by atoms with van der Waals surface area (Å²) in [6.07, 6.45) is 2.79. The van der Waals surface area contributed by atoms with Crippen LogP contribution in [0.5, 0.6) is 0 Å². The van der Waals surface area contributed by atoms with Crippen molar-refractivity contribution in [3.05, 3.63) is 40.2 Å². The van der Waals surface area contributed by atoms with Gasteiger partial charge in [-0.2, -0.15) is 5.10 Å². The van der Waals surface area contributed by atoms with E-state index in [1.165, 1.54) is 12.1 Å². The Balaban J connectivity index is 2.30. The lowest BCUT2D eigenvalue weighted by atomic mass is 10.2. The number of nitrogens with zero attached hydrogens (tertiary/aromatic N) is 3. The minimum atomic E-state index is -0.390. The Bertz CT molecular complexity index is 651. The monoisotopic (exact) mass is 289 g/mol. The first-order valence-electron chi connectivity index (χ1n) is 6.80. The molecule has 0 aliphatic rings. The van der Waals surface area contributed by atoms with Crippen LogP contribution in [-0.2, 0) is 7.05 Å². The number of anilines is 3. The van der Waals surface area contributed by atoms with Crippen molar-refractivity contribution in [2.24, 2.45) is 7.05 Å². The highest BCUT2D eigenvalue weighted by Gasteiger charge is 2.11. The van der Waals surface area contributed by atoms with E-state index in [1.54, 1.807) is 4.68 Å². The molecule has 0 aliphatic carbocycles. The molecule has 2 rings (SSSR count). The molecule has 0 unspecified atom stereocenters. The molecule has 0 fully saturated rings. The van der Waals surface area contributed by atoms with Gasteiger partial charge in [0.15, 0.2) is 0 Å². The zero-order valence-electron chi connectivity index (χ0n) is 12.4. The Morgan fingerprint density at radius 3 is 2.62 bits per heavy atom. The number of aryl methyl sites for hydroxylation is 2. The molecule has 0 aliphatic heterocycles. The standard InChI is InChI=1S/C14H19N5O2/c1-4-5-15-11-6-12(8-13(7-11)19(20)21)16-14-9-18(3)17-10(14)2/h6-9,15-16H,4-5H2,1-3H3. The van der Waals surface area contributed by atoms with Crippen molar-refractivity contribution >= 4 is 22.7 Å². The van der Waals surface area contributed by atoms with E-state index in [0.29, 0.717) is 5.69 Å². The van der Waals surface area contributed by atoms with E-state index >= 15 is 0 Å². The number of hydrogen-bond acceptors (Lipinski definition) is 5. The SMILES string of the molecule is CCCNc1cc(Nc2cn(C)nc2C)cc([N+](=O)[O-])c1. The van der Waals surface area contributed by atoms with Crippen LogP contribution in [-0.4, -0.2) is 21.2 Å². The number of benzene rings is 1. The van der Waals surface area contributed by atoms with E-state index in [0.717, 1.165) is 30.0 Å². The summed E-state index contributed by atoms with van der Waals surface area (Å²) < 4.78 is 1.70. The largest absolute Gasteiger partial charge is 0.385 e. The van der Waals surface area contributed by atoms with E-state index in [2.05, 4.69) is 15.7 Å². The lowest BCUT2D eigenvalue weighted by Crippen LogP contribution is -2.02. The van der Waals surface area contributed by atoms with Crippen molar-refractivity contribution in [3.8, 4) is 0 Å². The molecule has 0 atom stereocenters. The molecule has 7 nitrogen and oxygen atoms in total. The van der Waals surface area contributed by atoms with Crippen molar-refractivity contribution in [3.63, 3.8) is 0 Å². The third kappa shape index (κ3) is 3.71. The Kier molecular flexibility index (Phi) is 4.42. The summed E-state index contributed by atoms with van der Waals surface area (Å²) in [5.41, 5.74) is 3.13. The average Bonchev–Trinajstić information content (AvgIpc) is 2.74. The maximum atomic E-state index is 11.0. The van der Waals surface area contributed by atoms with Gasteiger partial charge in [0.1, 0.15) is 0 Å². The Morgan fingerprint density at radius 2 is 2.05 bits per heavy atom. The fraction of sp³-hybridized carbons (Fsp3) is 0.357. The van der Waals surface area contributed by atoms with Crippen LogP contribution in [0.2, 0.25) is 0 Å². The smallest absolute Gasteiger partial charge is 0.273 e. The second kappa shape index (κ2) is 6.25. The maximum absolute atomic E-state index is 11.0. The Morgan fingerprint density at radius 1 is 1.33 bits per heavy atom. The molecule has 2 N–H and O–H groups in total. The van der Waals surface area contributed by atoms with E-state index in [4.69, 9.17) is 0 Å². The van der Waals surface area contributed by atoms with Crippen LogP contribution in [0.3, 0.4) is 0 Å². The summed E-state index contributed by atoms with van der Waals surface area (Å²) >= 11 is 0. The average molecular weight is 289 g/mol. The maximum Gasteiger partial charge on any atom is 0.273 e. The van der Waals surface area contributed by atoms with Crippen molar-refractivity contribution < 1.29 is 4.92 Å². The molecule has 7 heteroatoms. The van der Waals surface area contributed by atoms with Crippen LogP contribution in [0.1, 0.15) is 19.0 Å². The van der Waals surface area contributed by atoms with Gasteiger partial charge in [-0.25, -0.2) is 0 Å². The van der Waals surface area contributed by atoms with Gasteiger partial charge in [0, 0.05) is 43.3 Å². The summed E-state index contributed by atoms with van der Waals surface area (Å²) in [4.78, 5) is 10.6. The first-order chi connectivity index (χ1) is 9.99. The minimum Gasteiger partial charge on any atom is -0.385 e. The molecule has 1 heterocycles. The van der Waals surface area contributed by atoms with E-state index in [-0.39, 0.29) is 5.69 Å². The van der Waals surface area contributed by atoms with Gasteiger partial charge in [-0.3, -0.25) is 14.8 Å². The van der Waals surface area contributed by atoms with Gasteiger partial charge in [-0.1, -0.05) is 6.92 Å². The number of nitrogens with one attached hydrogen (secondary N) is 2. The third-order valence-corrected chi connectivity index (χ3v) is 3.00. The van der Waals surface area contributed by atoms with Crippen LogP contribution in [0.15, 0.2) is 24.4 Å². The van der Waals surface area contributed by atoms with E-state index in [9.17, 15) is 10.1 Å². The highest BCUT2D eigenvalue weighted by molar-refractivity contribution is 5.69. The summed E-state index contributed by atoms with van der Waals surface area (Å²) in [5, 5.41) is 21.6. The summed E-state index contributed by atoms with van der Waals surface area (Å²) in [5.74, 6) is 0. The molecule has 0 saturated carbocycles. The molecule has 0 amide bonds. The van der Waals surface area contributed by atoms with Gasteiger partial charge < -0.3 is 10.6 Å². The first kappa shape index (κ1) is 14.8. The number of non-ortho nitro benzene ring substituents is 1. The highest BCUT2D eigenvalue weighted by Crippen LogP contribution is 2.27. The lowest BCUT2D eigenvalue weighted by Gasteiger charge is -2.09. The van der Waals surface area contributed by atoms with Crippen molar-refractivity contribution in [2.45, 2.75) is 20.3 Å². The van der Waals surface area contributed by atoms with Gasteiger partial charge in [-0.05, 0) is 19.4 Å². The van der Waals surface area contributed by atoms with Gasteiger partial charge in [0.05, 0.1) is 16.3 Å². The number of nitro benzene ring substituents is 1. The number of hydrogen-bond donors (Lipinski definition) is 2. The van der Waals surface area contributed by atoms with Crippen LogP contribution in [0.4, 0.5) is 22.7 Å². The quantitative estimate of drug-likeness (QED) is 0.630. The Hall–Kier alpha value is -2.57. The zero-order chi connectivity index (χ0) is 15.4.